The van der Waals surface area contributed by atoms with Crippen LogP contribution < -0.4 is 19.1 Å². The van der Waals surface area contributed by atoms with E-state index in [1.807, 2.05) is 58.9 Å². The summed E-state index contributed by atoms with van der Waals surface area (Å²) in [6, 6.07) is 17.9. The zero-order valence-corrected chi connectivity index (χ0v) is 26.9. The van der Waals surface area contributed by atoms with Crippen LogP contribution in [0, 0.1) is 13.8 Å². The van der Waals surface area contributed by atoms with Gasteiger partial charge in [0.2, 0.25) is 11.8 Å². The molecule has 10 heteroatoms. The maximum atomic E-state index is 14.3. The van der Waals surface area contributed by atoms with Crippen LogP contribution in [0.3, 0.4) is 0 Å². The Balaban J connectivity index is 2.12. The third-order valence-corrected chi connectivity index (χ3v) is 9.15. The van der Waals surface area contributed by atoms with Crippen LogP contribution in [0.25, 0.3) is 0 Å². The van der Waals surface area contributed by atoms with Gasteiger partial charge in [-0.1, -0.05) is 61.4 Å². The monoisotopic (exact) mass is 609 g/mol. The molecular weight excluding hydrogens is 566 g/mol. The first-order valence-electron chi connectivity index (χ1n) is 14.4. The van der Waals surface area contributed by atoms with Crippen molar-refractivity contribution in [1.29, 1.82) is 0 Å². The number of sulfonamides is 1. The van der Waals surface area contributed by atoms with Crippen molar-refractivity contribution in [2.45, 2.75) is 71.0 Å². The van der Waals surface area contributed by atoms with Gasteiger partial charge in [0.25, 0.3) is 10.0 Å². The number of ether oxygens (including phenoxy) is 2. The first kappa shape index (κ1) is 33.5. The van der Waals surface area contributed by atoms with Crippen LogP contribution in [0.4, 0.5) is 5.69 Å². The Kier molecular flexibility index (Phi) is 11.6. The number of benzene rings is 3. The highest BCUT2D eigenvalue weighted by atomic mass is 32.2. The van der Waals surface area contributed by atoms with Gasteiger partial charge < -0.3 is 19.7 Å². The molecular formula is C33H43N3O6S. The minimum absolute atomic E-state index is 0.0347. The van der Waals surface area contributed by atoms with Crippen LogP contribution in [0.5, 0.6) is 11.5 Å². The van der Waals surface area contributed by atoms with Crippen LogP contribution in [0.15, 0.2) is 71.6 Å². The molecule has 0 heterocycles. The summed E-state index contributed by atoms with van der Waals surface area (Å²) in [5.74, 6) is -0.0679. The second-order valence-corrected chi connectivity index (χ2v) is 12.5. The predicted molar refractivity (Wildman–Crippen MR) is 169 cm³/mol. The van der Waals surface area contributed by atoms with Gasteiger partial charge in [-0.2, -0.15) is 0 Å². The number of carbonyl (C=O) groups is 2. The summed E-state index contributed by atoms with van der Waals surface area (Å²) in [6.07, 6.45) is 1.08. The lowest BCUT2D eigenvalue weighted by Gasteiger charge is -2.34. The molecule has 43 heavy (non-hydrogen) atoms. The molecule has 0 fully saturated rings. The Morgan fingerprint density at radius 2 is 1.53 bits per heavy atom. The summed E-state index contributed by atoms with van der Waals surface area (Å²) in [4.78, 5) is 29.2. The van der Waals surface area contributed by atoms with Crippen molar-refractivity contribution in [2.75, 3.05) is 25.1 Å². The SMILES string of the molecule is CC[C@@H](C)NC(=O)[C@H](CC)N(Cc1cccc(C)c1)C(=O)CN(c1ccc(OC)c(OC)c1)S(=O)(=O)c1ccc(C)cc1. The second kappa shape index (κ2) is 14.9. The van der Waals surface area contributed by atoms with E-state index in [4.69, 9.17) is 9.47 Å². The topological polar surface area (TPSA) is 105 Å². The molecule has 2 amide bonds. The molecule has 0 aromatic heterocycles. The number of rotatable bonds is 14. The van der Waals surface area contributed by atoms with Gasteiger partial charge in [0.05, 0.1) is 24.8 Å². The van der Waals surface area contributed by atoms with Crippen molar-refractivity contribution in [3.05, 3.63) is 83.4 Å². The Hall–Kier alpha value is -4.05. The average Bonchev–Trinajstić information content (AvgIpc) is 2.99. The number of carbonyl (C=O) groups excluding carboxylic acids is 2. The standard InChI is InChI=1S/C33H43N3O6S/c1-8-25(5)34-33(38)29(9-2)35(21-26-12-10-11-24(4)19-26)32(37)22-36(27-15-18-30(41-6)31(20-27)42-7)43(39,40)28-16-13-23(3)14-17-28/h10-20,25,29H,8-9,21-22H2,1-7H3,(H,34,38)/t25-,29+/m1/s1. The van der Waals surface area contributed by atoms with E-state index in [1.165, 1.54) is 37.3 Å². The molecule has 2 atom stereocenters. The summed E-state index contributed by atoms with van der Waals surface area (Å²) in [5, 5.41) is 2.99. The quantitative estimate of drug-likeness (QED) is 0.268. The van der Waals surface area contributed by atoms with Crippen molar-refractivity contribution in [3.63, 3.8) is 0 Å². The molecule has 0 saturated heterocycles. The maximum Gasteiger partial charge on any atom is 0.264 e. The van der Waals surface area contributed by atoms with Gasteiger partial charge >= 0.3 is 0 Å². The van der Waals surface area contributed by atoms with Gasteiger partial charge in [-0.3, -0.25) is 13.9 Å². The molecule has 0 spiro atoms. The van der Waals surface area contributed by atoms with E-state index >= 15 is 0 Å². The average molecular weight is 610 g/mol. The highest BCUT2D eigenvalue weighted by Gasteiger charge is 2.34. The lowest BCUT2D eigenvalue weighted by Crippen LogP contribution is -2.53. The number of methoxy groups -OCH3 is 2. The molecule has 0 saturated carbocycles. The first-order valence-corrected chi connectivity index (χ1v) is 15.9. The van der Waals surface area contributed by atoms with Crippen LogP contribution in [-0.2, 0) is 26.2 Å². The molecule has 1 N–H and O–H groups in total. The van der Waals surface area contributed by atoms with Crippen molar-refractivity contribution in [3.8, 4) is 11.5 Å². The summed E-state index contributed by atoms with van der Waals surface area (Å²) >= 11 is 0. The van der Waals surface area contributed by atoms with E-state index in [1.54, 1.807) is 24.3 Å². The Morgan fingerprint density at radius 3 is 2.12 bits per heavy atom. The van der Waals surface area contributed by atoms with Gasteiger partial charge in [0.1, 0.15) is 12.6 Å². The molecule has 9 nitrogen and oxygen atoms in total. The summed E-state index contributed by atoms with van der Waals surface area (Å²) in [7, 11) is -1.27. The van der Waals surface area contributed by atoms with Gasteiger partial charge in [0, 0.05) is 18.7 Å². The van der Waals surface area contributed by atoms with Crippen LogP contribution >= 0.6 is 0 Å². The van der Waals surface area contributed by atoms with Crippen LogP contribution in [0.1, 0.15) is 50.3 Å². The second-order valence-electron chi connectivity index (χ2n) is 10.6. The van der Waals surface area contributed by atoms with Gasteiger partial charge in [-0.05, 0) is 63.4 Å². The fraction of sp³-hybridized carbons (Fsp3) is 0.394. The normalized spacial score (nSPS) is 12.6. The molecule has 3 rings (SSSR count). The van der Waals surface area contributed by atoms with Crippen LogP contribution in [-0.4, -0.2) is 58.0 Å². The molecule has 0 bridgehead atoms. The molecule has 0 aliphatic carbocycles. The number of amides is 2. The Labute approximate surface area is 255 Å². The largest absolute Gasteiger partial charge is 0.493 e. The number of aryl methyl sites for hydroxylation is 2. The van der Waals surface area contributed by atoms with Gasteiger partial charge in [-0.25, -0.2) is 8.42 Å². The molecule has 3 aromatic rings. The third kappa shape index (κ3) is 8.28. The van der Waals surface area contributed by atoms with E-state index in [-0.39, 0.29) is 29.1 Å². The minimum atomic E-state index is -4.21. The minimum Gasteiger partial charge on any atom is -0.493 e. The van der Waals surface area contributed by atoms with E-state index in [9.17, 15) is 18.0 Å². The molecule has 3 aromatic carbocycles. The molecule has 0 aliphatic heterocycles. The van der Waals surface area contributed by atoms with Crippen molar-refractivity contribution >= 4 is 27.5 Å². The van der Waals surface area contributed by atoms with Crippen molar-refractivity contribution in [2.24, 2.45) is 0 Å². The number of nitrogens with one attached hydrogen (secondary N) is 1. The molecule has 0 radical (unpaired) electrons. The number of hydrogen-bond donors (Lipinski definition) is 1. The van der Waals surface area contributed by atoms with Gasteiger partial charge in [0.15, 0.2) is 11.5 Å². The van der Waals surface area contributed by atoms with Crippen molar-refractivity contribution in [1.82, 2.24) is 10.2 Å². The van der Waals surface area contributed by atoms with E-state index in [2.05, 4.69) is 5.32 Å². The maximum absolute atomic E-state index is 14.3. The highest BCUT2D eigenvalue weighted by Crippen LogP contribution is 2.34. The lowest BCUT2D eigenvalue weighted by molar-refractivity contribution is -0.140. The zero-order valence-electron chi connectivity index (χ0n) is 26.1. The third-order valence-electron chi connectivity index (χ3n) is 7.37. The molecule has 0 unspecified atom stereocenters. The fourth-order valence-electron chi connectivity index (χ4n) is 4.71. The number of nitrogens with zero attached hydrogens (tertiary/aromatic N) is 2. The number of hydrogen-bond acceptors (Lipinski definition) is 6. The summed E-state index contributed by atoms with van der Waals surface area (Å²) in [5.41, 5.74) is 2.97. The first-order chi connectivity index (χ1) is 20.4. The van der Waals surface area contributed by atoms with Crippen LogP contribution in [0.2, 0.25) is 0 Å². The zero-order chi connectivity index (χ0) is 31.7. The van der Waals surface area contributed by atoms with Crippen molar-refractivity contribution < 1.29 is 27.5 Å². The molecule has 232 valence electrons. The summed E-state index contributed by atoms with van der Waals surface area (Å²) < 4.78 is 40.1. The van der Waals surface area contributed by atoms with E-state index in [0.29, 0.717) is 17.9 Å². The Morgan fingerprint density at radius 1 is 0.860 bits per heavy atom. The Bertz CT molecular complexity index is 1510. The molecule has 0 aliphatic rings. The highest BCUT2D eigenvalue weighted by molar-refractivity contribution is 7.92. The summed E-state index contributed by atoms with van der Waals surface area (Å²) in [6.45, 7) is 9.14. The van der Waals surface area contributed by atoms with E-state index in [0.717, 1.165) is 27.4 Å². The lowest BCUT2D eigenvalue weighted by atomic mass is 10.1. The number of anilines is 1. The smallest absolute Gasteiger partial charge is 0.264 e. The van der Waals surface area contributed by atoms with Gasteiger partial charge in [-0.15, -0.1) is 0 Å². The van der Waals surface area contributed by atoms with E-state index < -0.39 is 28.5 Å². The predicted octanol–water partition coefficient (Wildman–Crippen LogP) is 5.24. The fourth-order valence-corrected chi connectivity index (χ4v) is 6.12.